The average molecular weight is 356 g/mol. The highest BCUT2D eigenvalue weighted by Gasteiger charge is 2.37. The van der Waals surface area contributed by atoms with Gasteiger partial charge in [-0.3, -0.25) is 4.79 Å². The number of fused-ring (bicyclic) bond motifs is 1. The van der Waals surface area contributed by atoms with Gasteiger partial charge in [0, 0.05) is 25.2 Å². The fourth-order valence-corrected chi connectivity index (χ4v) is 4.19. The molecule has 1 aliphatic heterocycles. The molecule has 0 bridgehead atoms. The molecule has 1 saturated heterocycles. The van der Waals surface area contributed by atoms with E-state index in [1.54, 1.807) is 16.8 Å². The van der Waals surface area contributed by atoms with E-state index in [9.17, 15) is 9.18 Å². The highest BCUT2D eigenvalue weighted by molar-refractivity contribution is 5.82. The van der Waals surface area contributed by atoms with Crippen LogP contribution in [0.4, 0.5) is 4.39 Å². The van der Waals surface area contributed by atoms with Gasteiger partial charge in [0.25, 0.3) is 0 Å². The van der Waals surface area contributed by atoms with Crippen molar-refractivity contribution in [2.24, 2.45) is 5.92 Å². The van der Waals surface area contributed by atoms with Crippen LogP contribution in [0.1, 0.15) is 37.8 Å². The van der Waals surface area contributed by atoms with Gasteiger partial charge in [-0.2, -0.15) is 5.10 Å². The molecule has 0 radical (unpaired) electrons. The van der Waals surface area contributed by atoms with E-state index in [-0.39, 0.29) is 17.8 Å². The third-order valence-corrected chi connectivity index (χ3v) is 5.60. The molecular formula is C20H25FN4O. The van der Waals surface area contributed by atoms with Crippen molar-refractivity contribution in [2.75, 3.05) is 6.54 Å². The summed E-state index contributed by atoms with van der Waals surface area (Å²) in [5.41, 5.74) is 1.72. The van der Waals surface area contributed by atoms with Crippen LogP contribution >= 0.6 is 0 Å². The number of hydrogen-bond donors (Lipinski definition) is 2. The summed E-state index contributed by atoms with van der Waals surface area (Å²) in [5, 5.41) is 11.0. The van der Waals surface area contributed by atoms with Gasteiger partial charge in [-0.05, 0) is 55.5 Å². The van der Waals surface area contributed by atoms with E-state index in [2.05, 4.69) is 15.7 Å². The first-order chi connectivity index (χ1) is 12.7. The van der Waals surface area contributed by atoms with Gasteiger partial charge in [-0.1, -0.05) is 12.8 Å². The van der Waals surface area contributed by atoms with Crippen LogP contribution < -0.4 is 10.6 Å². The maximum atomic E-state index is 13.0. The fourth-order valence-electron chi connectivity index (χ4n) is 4.19. The van der Waals surface area contributed by atoms with E-state index in [1.165, 1.54) is 37.8 Å². The van der Waals surface area contributed by atoms with Gasteiger partial charge < -0.3 is 10.6 Å². The van der Waals surface area contributed by atoms with Crippen molar-refractivity contribution in [2.45, 2.75) is 50.6 Å². The number of nitrogens with zero attached hydrogens (tertiary/aromatic N) is 2. The number of rotatable bonds is 5. The van der Waals surface area contributed by atoms with Gasteiger partial charge in [-0.15, -0.1) is 0 Å². The summed E-state index contributed by atoms with van der Waals surface area (Å²) < 4.78 is 14.7. The zero-order chi connectivity index (χ0) is 17.9. The molecule has 1 aliphatic carbocycles. The number of carbonyl (C=O) groups excluding carboxylic acids is 1. The highest BCUT2D eigenvalue weighted by atomic mass is 19.1. The minimum Gasteiger partial charge on any atom is -0.354 e. The van der Waals surface area contributed by atoms with E-state index in [0.717, 1.165) is 17.8 Å². The Hall–Kier alpha value is -2.21. The lowest BCUT2D eigenvalue weighted by atomic mass is 9.85. The molecule has 1 amide bonds. The second kappa shape index (κ2) is 7.58. The second-order valence-corrected chi connectivity index (χ2v) is 7.38. The molecule has 138 valence electrons. The minimum absolute atomic E-state index is 0.0418. The lowest BCUT2D eigenvalue weighted by Gasteiger charge is -2.24. The van der Waals surface area contributed by atoms with Crippen LogP contribution in [0.3, 0.4) is 0 Å². The van der Waals surface area contributed by atoms with Crippen LogP contribution in [-0.4, -0.2) is 34.3 Å². The first-order valence-corrected chi connectivity index (χ1v) is 9.53. The van der Waals surface area contributed by atoms with Gasteiger partial charge in [0.1, 0.15) is 5.82 Å². The zero-order valence-electron chi connectivity index (χ0n) is 14.8. The number of hydrogen-bond acceptors (Lipinski definition) is 3. The number of halogens is 1. The predicted molar refractivity (Wildman–Crippen MR) is 97.5 cm³/mol. The van der Waals surface area contributed by atoms with Crippen molar-refractivity contribution in [1.82, 2.24) is 20.4 Å². The average Bonchev–Trinajstić information content (AvgIpc) is 3.29. The van der Waals surface area contributed by atoms with E-state index in [1.807, 2.05) is 12.3 Å². The predicted octanol–water partition coefficient (Wildman–Crippen LogP) is 2.59. The fraction of sp³-hybridized carbons (Fsp3) is 0.500. The maximum Gasteiger partial charge on any atom is 0.237 e. The number of aromatic nitrogens is 2. The number of amides is 1. The molecule has 2 aliphatic rings. The summed E-state index contributed by atoms with van der Waals surface area (Å²) in [7, 11) is 0. The smallest absolute Gasteiger partial charge is 0.237 e. The summed E-state index contributed by atoms with van der Waals surface area (Å²) in [6.45, 7) is 0.576. The van der Waals surface area contributed by atoms with Crippen molar-refractivity contribution < 1.29 is 9.18 Å². The molecule has 3 unspecified atom stereocenters. The standard InChI is InChI=1S/C20H25FN4O/c21-15-5-7-17(8-6-15)25-12-10-16(24-25)9-11-22-20(26)19-13-14-3-1-2-4-18(14)23-19/h5-8,10,12,14,18-19,23H,1-4,9,11,13H2,(H,22,26). The SMILES string of the molecule is O=C(NCCc1ccn(-c2ccc(F)cc2)n1)C1CC2CCCCC2N1. The number of benzene rings is 1. The normalized spacial score (nSPS) is 25.0. The van der Waals surface area contributed by atoms with Gasteiger partial charge in [0.15, 0.2) is 0 Å². The lowest BCUT2D eigenvalue weighted by molar-refractivity contribution is -0.122. The quantitative estimate of drug-likeness (QED) is 0.866. The third kappa shape index (κ3) is 3.80. The summed E-state index contributed by atoms with van der Waals surface area (Å²) in [6.07, 6.45) is 8.54. The van der Waals surface area contributed by atoms with Crippen LogP contribution in [0.2, 0.25) is 0 Å². The molecule has 2 fully saturated rings. The molecule has 1 saturated carbocycles. The molecule has 26 heavy (non-hydrogen) atoms. The monoisotopic (exact) mass is 356 g/mol. The van der Waals surface area contributed by atoms with Crippen LogP contribution in [0, 0.1) is 11.7 Å². The molecule has 2 aromatic rings. The minimum atomic E-state index is -0.260. The Bertz CT molecular complexity index is 743. The van der Waals surface area contributed by atoms with Gasteiger partial charge in [0.05, 0.1) is 17.4 Å². The first kappa shape index (κ1) is 17.2. The van der Waals surface area contributed by atoms with Crippen LogP contribution in [0.25, 0.3) is 5.69 Å². The Balaban J connectivity index is 1.26. The maximum absolute atomic E-state index is 13.0. The molecule has 5 nitrogen and oxygen atoms in total. The summed E-state index contributed by atoms with van der Waals surface area (Å²) in [5.74, 6) is 0.521. The third-order valence-electron chi connectivity index (χ3n) is 5.60. The molecule has 4 rings (SSSR count). The summed E-state index contributed by atoms with van der Waals surface area (Å²) in [6, 6.07) is 8.65. The summed E-state index contributed by atoms with van der Waals surface area (Å²) in [4.78, 5) is 12.4. The Morgan fingerprint density at radius 1 is 1.23 bits per heavy atom. The van der Waals surface area contributed by atoms with Gasteiger partial charge in [-0.25, -0.2) is 9.07 Å². The molecule has 3 atom stereocenters. The van der Waals surface area contributed by atoms with E-state index >= 15 is 0 Å². The van der Waals surface area contributed by atoms with Gasteiger partial charge in [0.2, 0.25) is 5.91 Å². The number of carbonyl (C=O) groups is 1. The summed E-state index contributed by atoms with van der Waals surface area (Å²) >= 11 is 0. The lowest BCUT2D eigenvalue weighted by Crippen LogP contribution is -2.43. The zero-order valence-corrected chi connectivity index (χ0v) is 14.8. The Labute approximate surface area is 153 Å². The molecule has 6 heteroatoms. The Morgan fingerprint density at radius 3 is 2.85 bits per heavy atom. The van der Waals surface area contributed by atoms with Crippen molar-refractivity contribution in [3.05, 3.63) is 48.0 Å². The highest BCUT2D eigenvalue weighted by Crippen LogP contribution is 2.33. The molecule has 2 N–H and O–H groups in total. The first-order valence-electron chi connectivity index (χ1n) is 9.53. The van der Waals surface area contributed by atoms with Crippen molar-refractivity contribution >= 4 is 5.91 Å². The van der Waals surface area contributed by atoms with E-state index in [4.69, 9.17) is 0 Å². The van der Waals surface area contributed by atoms with Crippen LogP contribution in [0.15, 0.2) is 36.5 Å². The molecule has 1 aromatic carbocycles. The van der Waals surface area contributed by atoms with Crippen molar-refractivity contribution in [3.8, 4) is 5.69 Å². The largest absolute Gasteiger partial charge is 0.354 e. The molecular weight excluding hydrogens is 331 g/mol. The molecule has 1 aromatic heterocycles. The van der Waals surface area contributed by atoms with Crippen molar-refractivity contribution in [1.29, 1.82) is 0 Å². The molecule has 2 heterocycles. The second-order valence-electron chi connectivity index (χ2n) is 7.38. The van der Waals surface area contributed by atoms with Crippen LogP contribution in [-0.2, 0) is 11.2 Å². The van der Waals surface area contributed by atoms with Crippen LogP contribution in [0.5, 0.6) is 0 Å². The Kier molecular flexibility index (Phi) is 5.02. The van der Waals surface area contributed by atoms with E-state index < -0.39 is 0 Å². The molecule has 0 spiro atoms. The number of nitrogens with one attached hydrogen (secondary N) is 2. The topological polar surface area (TPSA) is 59.0 Å². The van der Waals surface area contributed by atoms with Crippen molar-refractivity contribution in [3.63, 3.8) is 0 Å². The van der Waals surface area contributed by atoms with E-state index in [0.29, 0.717) is 24.9 Å². The Morgan fingerprint density at radius 2 is 2.04 bits per heavy atom. The van der Waals surface area contributed by atoms with Gasteiger partial charge >= 0.3 is 0 Å².